The lowest BCUT2D eigenvalue weighted by atomic mass is 9.32. The Bertz CT molecular complexity index is 1360. The summed E-state index contributed by atoms with van der Waals surface area (Å²) < 4.78 is 6.19. The second-order valence-electron chi connectivity index (χ2n) is 20.6. The second kappa shape index (κ2) is 12.9. The first kappa shape index (κ1) is 37.9. The number of hydrogen-bond donors (Lipinski definition) is 2. The van der Waals surface area contributed by atoms with E-state index in [0.717, 1.165) is 58.0 Å². The summed E-state index contributed by atoms with van der Waals surface area (Å²) in [7, 11) is 2.18. The van der Waals surface area contributed by atoms with Gasteiger partial charge in [-0.15, -0.1) is 0 Å². The number of ether oxygens (including phenoxy) is 1. The molecule has 5 aliphatic carbocycles. The molecule has 0 aromatic carbocycles. The van der Waals surface area contributed by atoms with Crippen molar-refractivity contribution in [2.45, 2.75) is 157 Å². The number of nitrogens with one attached hydrogen (secondary N) is 1. The summed E-state index contributed by atoms with van der Waals surface area (Å²) in [4.78, 5) is 41.0. The van der Waals surface area contributed by atoms with Gasteiger partial charge in [-0.2, -0.15) is 0 Å². The van der Waals surface area contributed by atoms with Gasteiger partial charge in [-0.05, 0) is 169 Å². The van der Waals surface area contributed by atoms with E-state index >= 15 is 0 Å². The number of carboxylic acid groups (broad SMARTS) is 1. The summed E-state index contributed by atoms with van der Waals surface area (Å²) in [6.45, 7) is 24.6. The number of carbonyl (C=O) groups is 3. The van der Waals surface area contributed by atoms with Crippen LogP contribution in [0.4, 0.5) is 0 Å². The van der Waals surface area contributed by atoms with Gasteiger partial charge in [0.25, 0.3) is 0 Å². The number of fused-ring (bicyclic) bond motifs is 7. The Labute approximate surface area is 303 Å². The molecule has 1 amide bonds. The Kier molecular flexibility index (Phi) is 9.77. The molecule has 282 valence electrons. The van der Waals surface area contributed by atoms with Crippen molar-refractivity contribution in [2.24, 2.45) is 62.1 Å². The molecular formula is C43H70N2O5. The van der Waals surface area contributed by atoms with Crippen LogP contribution in [0.3, 0.4) is 0 Å². The van der Waals surface area contributed by atoms with Gasteiger partial charge in [-0.1, -0.05) is 46.8 Å². The number of esters is 1. The van der Waals surface area contributed by atoms with Crippen LogP contribution in [-0.2, 0) is 19.1 Å². The fourth-order valence-electron chi connectivity index (χ4n) is 14.2. The number of rotatable bonds is 8. The fraction of sp³-hybridized carbons (Fsp3) is 0.884. The molecule has 7 heteroatoms. The minimum Gasteiger partial charge on any atom is -0.481 e. The largest absolute Gasteiger partial charge is 0.481 e. The maximum Gasteiger partial charge on any atom is 0.309 e. The van der Waals surface area contributed by atoms with Gasteiger partial charge in [-0.3, -0.25) is 14.4 Å². The highest BCUT2D eigenvalue weighted by Gasteiger charge is 2.71. The molecule has 0 aromatic heterocycles. The van der Waals surface area contributed by atoms with Crippen molar-refractivity contribution < 1.29 is 24.2 Å². The molecule has 6 rings (SSSR count). The monoisotopic (exact) mass is 695 g/mol. The van der Waals surface area contributed by atoms with Crippen LogP contribution in [0.2, 0.25) is 0 Å². The molecule has 5 saturated carbocycles. The maximum atomic E-state index is 13.9. The quantitative estimate of drug-likeness (QED) is 0.195. The number of nitrogens with zero attached hydrogens (tertiary/aromatic N) is 1. The van der Waals surface area contributed by atoms with E-state index in [2.05, 4.69) is 65.4 Å². The van der Waals surface area contributed by atoms with Crippen LogP contribution in [0, 0.1) is 62.1 Å². The predicted octanol–water partition coefficient (Wildman–Crippen LogP) is 8.66. The summed E-state index contributed by atoms with van der Waals surface area (Å²) in [5.74, 6) is 1.58. The predicted molar refractivity (Wildman–Crippen MR) is 198 cm³/mol. The van der Waals surface area contributed by atoms with Gasteiger partial charge in [0.1, 0.15) is 6.10 Å². The van der Waals surface area contributed by atoms with Crippen LogP contribution < -0.4 is 5.32 Å². The van der Waals surface area contributed by atoms with Crippen molar-refractivity contribution in [3.05, 3.63) is 12.2 Å². The minimum absolute atomic E-state index is 0.0762. The summed E-state index contributed by atoms with van der Waals surface area (Å²) in [6.07, 6.45) is 13.8. The average Bonchev–Trinajstić information content (AvgIpc) is 3.39. The van der Waals surface area contributed by atoms with Gasteiger partial charge in [0, 0.05) is 17.9 Å². The molecule has 1 heterocycles. The molecule has 10 atom stereocenters. The Hall–Kier alpha value is -1.89. The van der Waals surface area contributed by atoms with Gasteiger partial charge in [-0.25, -0.2) is 0 Å². The average molecular weight is 695 g/mol. The summed E-state index contributed by atoms with van der Waals surface area (Å²) >= 11 is 0. The molecule has 1 unspecified atom stereocenters. The SMILES string of the molecule is C=C(C)[C@@H]1CC[C@]2(CC(=O)NC3CCN(C)CC3)CC[C@]3(C)[C@H](CC[C@@H]4[C@@]5(C)CCC(OC(=O)CC(C)(C)C(=O)O)C(C)(C)[C@@H]5CC[C@]43C)[C@@H]12. The topological polar surface area (TPSA) is 95.9 Å². The summed E-state index contributed by atoms with van der Waals surface area (Å²) in [5.41, 5.74) is 0.636. The minimum atomic E-state index is -1.14. The number of likely N-dealkylation sites (tertiary alicyclic amines) is 1. The summed E-state index contributed by atoms with van der Waals surface area (Å²) in [6, 6.07) is 0.311. The van der Waals surface area contributed by atoms with E-state index < -0.39 is 11.4 Å². The molecule has 50 heavy (non-hydrogen) atoms. The fourth-order valence-corrected chi connectivity index (χ4v) is 14.2. The normalized spacial score (nSPS) is 43.1. The van der Waals surface area contributed by atoms with E-state index in [1.54, 1.807) is 13.8 Å². The van der Waals surface area contributed by atoms with E-state index in [1.165, 1.54) is 37.7 Å². The molecule has 1 saturated heterocycles. The van der Waals surface area contributed by atoms with E-state index in [1.807, 2.05) is 0 Å². The molecule has 2 N–H and O–H groups in total. The number of allylic oxidation sites excluding steroid dienone is 1. The number of amides is 1. The molecule has 0 bridgehead atoms. The highest BCUT2D eigenvalue weighted by atomic mass is 16.5. The van der Waals surface area contributed by atoms with Crippen molar-refractivity contribution in [2.75, 3.05) is 20.1 Å². The standard InChI is InChI=1S/C43H70N2O5/c1-27(2)29-13-20-43(25-34(46)44-28-16-23-45(10)24-17-28)22-21-41(8)30(36(29)43)11-12-32-40(7)18-15-33(50-35(47)26-38(3,4)37(48)49)39(5,6)31(40)14-19-42(32,41)9/h28-33,36H,1,11-26H2,2-10H3,(H,44,46)(H,48,49)/t29-,30+,31-,32+,33?,36+,40-,41+,42+,43+/m0/s1. The van der Waals surface area contributed by atoms with Crippen LogP contribution in [0.15, 0.2) is 12.2 Å². The zero-order valence-electron chi connectivity index (χ0n) is 33.1. The van der Waals surface area contributed by atoms with E-state index in [9.17, 15) is 19.5 Å². The molecular weight excluding hydrogens is 624 g/mol. The summed E-state index contributed by atoms with van der Waals surface area (Å²) in [5, 5.41) is 13.1. The van der Waals surface area contributed by atoms with Crippen molar-refractivity contribution in [3.63, 3.8) is 0 Å². The number of carbonyl (C=O) groups excluding carboxylic acids is 2. The smallest absolute Gasteiger partial charge is 0.309 e. The maximum absolute atomic E-state index is 13.9. The van der Waals surface area contributed by atoms with Gasteiger partial charge in [0.15, 0.2) is 0 Å². The van der Waals surface area contributed by atoms with Crippen LogP contribution in [-0.4, -0.2) is 60.1 Å². The van der Waals surface area contributed by atoms with E-state index in [-0.39, 0.29) is 51.5 Å². The van der Waals surface area contributed by atoms with Crippen LogP contribution in [0.5, 0.6) is 0 Å². The molecule has 7 nitrogen and oxygen atoms in total. The number of aliphatic carboxylic acids is 1. The van der Waals surface area contributed by atoms with Gasteiger partial charge in [0.05, 0.1) is 11.8 Å². The Morgan fingerprint density at radius 1 is 0.860 bits per heavy atom. The number of carboxylic acids is 1. The lowest BCUT2D eigenvalue weighted by Crippen LogP contribution is -2.67. The Balaban J connectivity index is 1.22. The molecule has 1 aliphatic heterocycles. The Morgan fingerprint density at radius 3 is 2.18 bits per heavy atom. The first-order chi connectivity index (χ1) is 23.2. The Morgan fingerprint density at radius 2 is 1.54 bits per heavy atom. The molecule has 6 fully saturated rings. The van der Waals surface area contributed by atoms with Crippen molar-refractivity contribution >= 4 is 17.8 Å². The highest BCUT2D eigenvalue weighted by molar-refractivity contribution is 5.81. The highest BCUT2D eigenvalue weighted by Crippen LogP contribution is 2.78. The number of piperidine rings is 1. The first-order valence-electron chi connectivity index (χ1n) is 20.3. The number of hydrogen-bond acceptors (Lipinski definition) is 5. The van der Waals surface area contributed by atoms with Gasteiger partial charge in [0.2, 0.25) is 5.91 Å². The van der Waals surface area contributed by atoms with E-state index in [0.29, 0.717) is 42.1 Å². The van der Waals surface area contributed by atoms with Crippen molar-refractivity contribution in [1.82, 2.24) is 10.2 Å². The molecule has 0 radical (unpaired) electrons. The molecule has 0 spiro atoms. The van der Waals surface area contributed by atoms with Crippen LogP contribution >= 0.6 is 0 Å². The van der Waals surface area contributed by atoms with E-state index in [4.69, 9.17) is 4.74 Å². The third kappa shape index (κ3) is 5.99. The first-order valence-corrected chi connectivity index (χ1v) is 20.3. The van der Waals surface area contributed by atoms with Gasteiger partial charge >= 0.3 is 11.9 Å². The van der Waals surface area contributed by atoms with Crippen LogP contribution in [0.1, 0.15) is 145 Å². The van der Waals surface area contributed by atoms with Crippen molar-refractivity contribution in [3.8, 4) is 0 Å². The lowest BCUT2D eigenvalue weighted by Gasteiger charge is -2.73. The molecule has 6 aliphatic rings. The zero-order chi connectivity index (χ0) is 36.7. The lowest BCUT2D eigenvalue weighted by molar-refractivity contribution is -0.250. The third-order valence-electron chi connectivity index (χ3n) is 17.2. The third-order valence-corrected chi connectivity index (χ3v) is 17.2. The van der Waals surface area contributed by atoms with Gasteiger partial charge < -0.3 is 20.1 Å². The van der Waals surface area contributed by atoms with Crippen LogP contribution in [0.25, 0.3) is 0 Å². The zero-order valence-corrected chi connectivity index (χ0v) is 33.1. The second-order valence-corrected chi connectivity index (χ2v) is 20.6. The van der Waals surface area contributed by atoms with Crippen molar-refractivity contribution in [1.29, 1.82) is 0 Å². The molecule has 0 aromatic rings.